The number of aromatic nitrogens is 4. The molecule has 1 amide bonds. The minimum atomic E-state index is -0.113. The number of amides is 1. The number of carbonyl (C=O) groups is 1. The zero-order valence-electron chi connectivity index (χ0n) is 18.1. The highest BCUT2D eigenvalue weighted by Crippen LogP contribution is 2.27. The van der Waals surface area contributed by atoms with Gasteiger partial charge in [0, 0.05) is 56.0 Å². The summed E-state index contributed by atoms with van der Waals surface area (Å²) in [5, 5.41) is 3.39. The van der Waals surface area contributed by atoms with Crippen molar-refractivity contribution in [1.82, 2.24) is 24.8 Å². The summed E-state index contributed by atoms with van der Waals surface area (Å²) in [5.41, 5.74) is 4.59. The van der Waals surface area contributed by atoms with E-state index in [9.17, 15) is 4.79 Å². The number of rotatable bonds is 5. The number of carbonyl (C=O) groups excluding carboxylic acids is 1. The lowest BCUT2D eigenvalue weighted by Gasteiger charge is -2.30. The summed E-state index contributed by atoms with van der Waals surface area (Å²) in [4.78, 5) is 34.1. The van der Waals surface area contributed by atoms with Crippen molar-refractivity contribution in [2.75, 3.05) is 37.0 Å². The van der Waals surface area contributed by atoms with Gasteiger partial charge in [-0.25, -0.2) is 19.9 Å². The van der Waals surface area contributed by atoms with Crippen LogP contribution in [0.3, 0.4) is 0 Å². The lowest BCUT2D eigenvalue weighted by molar-refractivity contribution is 0.0785. The van der Waals surface area contributed by atoms with Crippen LogP contribution in [0.25, 0.3) is 0 Å². The quantitative estimate of drug-likeness (QED) is 0.644. The van der Waals surface area contributed by atoms with Crippen LogP contribution in [0.1, 0.15) is 33.7 Å². The van der Waals surface area contributed by atoms with E-state index in [0.29, 0.717) is 30.6 Å². The summed E-state index contributed by atoms with van der Waals surface area (Å²) in [6, 6.07) is 2.21. The Labute approximate surface area is 185 Å². The molecule has 3 aromatic rings. The molecule has 166 valence electrons. The van der Waals surface area contributed by atoms with Crippen molar-refractivity contribution >= 4 is 17.5 Å². The van der Waals surface area contributed by atoms with Crippen molar-refractivity contribution in [2.45, 2.75) is 32.4 Å². The second-order valence-corrected chi connectivity index (χ2v) is 8.11. The molecule has 0 aliphatic carbocycles. The van der Waals surface area contributed by atoms with E-state index in [4.69, 9.17) is 14.1 Å². The van der Waals surface area contributed by atoms with Crippen LogP contribution in [0.2, 0.25) is 0 Å². The molecule has 0 spiro atoms. The third kappa shape index (κ3) is 3.95. The Morgan fingerprint density at radius 2 is 2.16 bits per heavy atom. The van der Waals surface area contributed by atoms with Gasteiger partial charge in [-0.1, -0.05) is 0 Å². The first-order chi connectivity index (χ1) is 15.6. The molecule has 0 bridgehead atoms. The van der Waals surface area contributed by atoms with E-state index in [-0.39, 0.29) is 11.9 Å². The van der Waals surface area contributed by atoms with Crippen molar-refractivity contribution < 1.29 is 13.9 Å². The van der Waals surface area contributed by atoms with Gasteiger partial charge in [0.1, 0.15) is 6.26 Å². The number of aryl methyl sites for hydroxylation is 1. The molecule has 10 heteroatoms. The minimum Gasteiger partial charge on any atom is -0.481 e. The van der Waals surface area contributed by atoms with Crippen LogP contribution in [-0.4, -0.2) is 63.5 Å². The fraction of sp³-hybridized carbons (Fsp3) is 0.409. The van der Waals surface area contributed by atoms with Gasteiger partial charge in [-0.2, -0.15) is 0 Å². The highest BCUT2D eigenvalue weighted by atomic mass is 16.5. The van der Waals surface area contributed by atoms with Crippen LogP contribution in [0.4, 0.5) is 11.6 Å². The van der Waals surface area contributed by atoms with Gasteiger partial charge >= 0.3 is 0 Å². The van der Waals surface area contributed by atoms with Gasteiger partial charge in [-0.15, -0.1) is 0 Å². The molecule has 3 aromatic heterocycles. The Morgan fingerprint density at radius 1 is 1.25 bits per heavy atom. The van der Waals surface area contributed by atoms with E-state index in [1.165, 1.54) is 12.7 Å². The zero-order valence-corrected chi connectivity index (χ0v) is 18.1. The molecule has 0 unspecified atom stereocenters. The number of oxazole rings is 1. The minimum absolute atomic E-state index is 0.109. The van der Waals surface area contributed by atoms with E-state index in [2.05, 4.69) is 31.2 Å². The SMILES string of the molecule is COc1ncc(N2CCc3nc(N[C@H]4CCN(C(=O)c5cocn5)C4)ncc3C2)cc1C. The highest BCUT2D eigenvalue weighted by molar-refractivity contribution is 5.92. The number of nitrogens with zero attached hydrogens (tertiary/aromatic N) is 6. The van der Waals surface area contributed by atoms with Crippen LogP contribution in [-0.2, 0) is 13.0 Å². The van der Waals surface area contributed by atoms with Crippen molar-refractivity contribution in [3.05, 3.63) is 53.6 Å². The lowest BCUT2D eigenvalue weighted by Crippen LogP contribution is -2.33. The van der Waals surface area contributed by atoms with Crippen LogP contribution < -0.4 is 15.0 Å². The number of hydrogen-bond donors (Lipinski definition) is 1. The number of likely N-dealkylation sites (tertiary alicyclic amines) is 1. The Hall–Kier alpha value is -3.69. The van der Waals surface area contributed by atoms with Crippen LogP contribution in [0.5, 0.6) is 5.88 Å². The Bertz CT molecular complexity index is 1120. The fourth-order valence-electron chi connectivity index (χ4n) is 4.27. The standard InChI is InChI=1S/C22H25N7O3/c1-14-7-17(9-23-20(14)31-2)28-6-4-18-15(10-28)8-24-22(27-18)26-16-3-5-29(11-16)21(30)19-12-32-13-25-19/h7-9,12-13,16H,3-6,10-11H2,1-2H3,(H,24,26,27)/t16-/m0/s1. The normalized spacial score (nSPS) is 17.9. The molecule has 5 heterocycles. The maximum atomic E-state index is 12.4. The first kappa shape index (κ1) is 20.2. The summed E-state index contributed by atoms with van der Waals surface area (Å²) in [6.07, 6.45) is 8.06. The number of ether oxygens (including phenoxy) is 1. The number of nitrogens with one attached hydrogen (secondary N) is 1. The second kappa shape index (κ2) is 8.45. The molecule has 1 saturated heterocycles. The average Bonchev–Trinajstić information content (AvgIpc) is 3.51. The fourth-order valence-corrected chi connectivity index (χ4v) is 4.27. The third-order valence-corrected chi connectivity index (χ3v) is 5.97. The molecular weight excluding hydrogens is 410 g/mol. The monoisotopic (exact) mass is 435 g/mol. The Balaban J connectivity index is 1.22. The van der Waals surface area contributed by atoms with Crippen LogP contribution in [0.15, 0.2) is 35.5 Å². The van der Waals surface area contributed by atoms with E-state index >= 15 is 0 Å². The molecule has 0 aromatic carbocycles. The number of methoxy groups -OCH3 is 1. The number of pyridine rings is 1. The zero-order chi connectivity index (χ0) is 22.1. The molecule has 0 saturated carbocycles. The number of hydrogen-bond acceptors (Lipinski definition) is 9. The maximum absolute atomic E-state index is 12.4. The van der Waals surface area contributed by atoms with Gasteiger partial charge in [0.2, 0.25) is 11.8 Å². The maximum Gasteiger partial charge on any atom is 0.275 e. The summed E-state index contributed by atoms with van der Waals surface area (Å²) in [7, 11) is 1.63. The van der Waals surface area contributed by atoms with Gasteiger partial charge in [0.25, 0.3) is 5.91 Å². The van der Waals surface area contributed by atoms with E-state index in [1.54, 1.807) is 12.0 Å². The number of fused-ring (bicyclic) bond motifs is 1. The van der Waals surface area contributed by atoms with Crippen molar-refractivity contribution in [3.8, 4) is 5.88 Å². The largest absolute Gasteiger partial charge is 0.481 e. The summed E-state index contributed by atoms with van der Waals surface area (Å²) in [6.45, 7) is 4.85. The average molecular weight is 435 g/mol. The summed E-state index contributed by atoms with van der Waals surface area (Å²) < 4.78 is 10.2. The molecule has 10 nitrogen and oxygen atoms in total. The Morgan fingerprint density at radius 3 is 2.94 bits per heavy atom. The molecule has 1 N–H and O–H groups in total. The molecule has 0 radical (unpaired) electrons. The molecule has 32 heavy (non-hydrogen) atoms. The van der Waals surface area contributed by atoms with Crippen molar-refractivity contribution in [3.63, 3.8) is 0 Å². The van der Waals surface area contributed by atoms with Gasteiger partial charge in [-0.3, -0.25) is 4.79 Å². The van der Waals surface area contributed by atoms with Crippen LogP contribution >= 0.6 is 0 Å². The molecule has 2 aliphatic heterocycles. The van der Waals surface area contributed by atoms with Gasteiger partial charge in [-0.05, 0) is 19.4 Å². The topological polar surface area (TPSA) is 110 Å². The second-order valence-electron chi connectivity index (χ2n) is 8.11. The van der Waals surface area contributed by atoms with Gasteiger partial charge < -0.3 is 24.3 Å². The molecular formula is C22H25N7O3. The summed E-state index contributed by atoms with van der Waals surface area (Å²) >= 11 is 0. The van der Waals surface area contributed by atoms with E-state index in [1.807, 2.05) is 19.3 Å². The van der Waals surface area contributed by atoms with Crippen molar-refractivity contribution in [2.24, 2.45) is 0 Å². The lowest BCUT2D eigenvalue weighted by atomic mass is 10.1. The third-order valence-electron chi connectivity index (χ3n) is 5.97. The first-order valence-electron chi connectivity index (χ1n) is 10.6. The highest BCUT2D eigenvalue weighted by Gasteiger charge is 2.29. The molecule has 2 aliphatic rings. The van der Waals surface area contributed by atoms with E-state index < -0.39 is 0 Å². The molecule has 1 fully saturated rings. The first-order valence-corrected chi connectivity index (χ1v) is 10.6. The van der Waals surface area contributed by atoms with Gasteiger partial charge in [0.05, 0.1) is 24.7 Å². The summed E-state index contributed by atoms with van der Waals surface area (Å²) in [5.74, 6) is 1.15. The van der Waals surface area contributed by atoms with Gasteiger partial charge in [0.15, 0.2) is 12.1 Å². The molecule has 5 rings (SSSR count). The molecule has 1 atom stereocenters. The Kier molecular flexibility index (Phi) is 5.34. The van der Waals surface area contributed by atoms with Crippen LogP contribution in [0, 0.1) is 6.92 Å². The predicted molar refractivity (Wildman–Crippen MR) is 117 cm³/mol. The number of anilines is 2. The van der Waals surface area contributed by atoms with E-state index in [0.717, 1.165) is 48.4 Å². The smallest absolute Gasteiger partial charge is 0.275 e. The van der Waals surface area contributed by atoms with Crippen molar-refractivity contribution in [1.29, 1.82) is 0 Å². The predicted octanol–water partition coefficient (Wildman–Crippen LogP) is 2.07.